The summed E-state index contributed by atoms with van der Waals surface area (Å²) in [5.74, 6) is 1.38. The lowest BCUT2D eigenvalue weighted by molar-refractivity contribution is 0.488. The van der Waals surface area contributed by atoms with Gasteiger partial charge in [0.2, 0.25) is 11.8 Å². The number of nitrogens with two attached hydrogens (primary N) is 1. The quantitative estimate of drug-likeness (QED) is 0.343. The fraction of sp³-hybridized carbons (Fsp3) is 0.235. The maximum atomic E-state index is 9.19. The number of rotatable bonds is 2. The smallest absolute Gasteiger partial charge is 0.261 e. The zero-order chi connectivity index (χ0) is 24.3. The molecule has 0 aliphatic carbocycles. The maximum Gasteiger partial charge on any atom is 0.261 e. The van der Waals surface area contributed by atoms with Gasteiger partial charge in [-0.3, -0.25) is 9.11 Å². The normalized spacial score (nSPS) is 11.4. The van der Waals surface area contributed by atoms with Crippen LogP contribution in [0.2, 0.25) is 0 Å². The highest BCUT2D eigenvalue weighted by Gasteiger charge is 2.17. The van der Waals surface area contributed by atoms with Gasteiger partial charge >= 0.3 is 0 Å². The number of furan rings is 1. The van der Waals surface area contributed by atoms with Crippen LogP contribution in [0.4, 0.5) is 11.6 Å². The van der Waals surface area contributed by atoms with Crippen LogP contribution in [0, 0.1) is 0 Å². The second kappa shape index (κ2) is 9.47. The minimum Gasteiger partial charge on any atom is -0.461 e. The molecule has 3 heterocycles. The fourth-order valence-electron chi connectivity index (χ4n) is 2.54. The van der Waals surface area contributed by atoms with E-state index in [9.17, 15) is 16.8 Å². The van der Waals surface area contributed by atoms with E-state index in [-0.39, 0.29) is 0 Å². The molecule has 0 atom stereocenters. The van der Waals surface area contributed by atoms with Gasteiger partial charge in [-0.25, -0.2) is 9.97 Å². The van der Waals surface area contributed by atoms with Crippen molar-refractivity contribution in [2.24, 2.45) is 0 Å². The van der Waals surface area contributed by atoms with Crippen LogP contribution in [0.25, 0.3) is 28.1 Å². The van der Waals surface area contributed by atoms with Crippen LogP contribution in [0.15, 0.2) is 41.0 Å². The van der Waals surface area contributed by atoms with Gasteiger partial charge in [-0.1, -0.05) is 6.07 Å². The second-order valence-corrected chi connectivity index (χ2v) is 9.58. The lowest BCUT2D eigenvalue weighted by Gasteiger charge is -2.15. The van der Waals surface area contributed by atoms with Gasteiger partial charge < -0.3 is 15.1 Å². The maximum absolute atomic E-state index is 9.19. The number of hydrogen-bond acceptors (Lipinski definition) is 10. The molecule has 0 radical (unpaired) electrons. The van der Waals surface area contributed by atoms with Crippen molar-refractivity contribution in [3.63, 3.8) is 0 Å². The van der Waals surface area contributed by atoms with E-state index in [0.717, 1.165) is 16.6 Å². The molecule has 4 rings (SSSR count). The molecule has 0 fully saturated rings. The molecule has 1 aromatic carbocycles. The predicted molar refractivity (Wildman–Crippen MR) is 120 cm³/mol. The van der Waals surface area contributed by atoms with E-state index in [0.29, 0.717) is 35.7 Å². The van der Waals surface area contributed by atoms with Gasteiger partial charge in [0.1, 0.15) is 0 Å². The van der Waals surface area contributed by atoms with Crippen molar-refractivity contribution in [3.05, 3.63) is 36.6 Å². The van der Waals surface area contributed by atoms with E-state index in [1.807, 2.05) is 43.3 Å². The van der Waals surface area contributed by atoms with Crippen molar-refractivity contribution in [2.45, 2.75) is 0 Å². The fourth-order valence-corrected chi connectivity index (χ4v) is 2.54. The molecular formula is C17H22N6O7S2. The van der Waals surface area contributed by atoms with Crippen LogP contribution in [0.3, 0.4) is 0 Å². The van der Waals surface area contributed by atoms with Crippen LogP contribution in [0.5, 0.6) is 0 Å². The summed E-state index contributed by atoms with van der Waals surface area (Å²) in [5.41, 5.74) is 8.48. The summed E-state index contributed by atoms with van der Waals surface area (Å²) in [5, 5.41) is 5.32. The molecule has 3 aromatic heterocycles. The SMILES string of the molecule is CN(C)c1cccc2nc(N)n3nc(-c4ccco4)nc3c12.CS(=O)(=O)O.CS(=O)(=O)O. The summed E-state index contributed by atoms with van der Waals surface area (Å²) in [6.07, 6.45) is 3.02. The molecule has 13 nitrogen and oxygen atoms in total. The summed E-state index contributed by atoms with van der Waals surface area (Å²) >= 11 is 0. The molecule has 0 saturated carbocycles. The van der Waals surface area contributed by atoms with Gasteiger partial charge in [0.05, 0.1) is 29.7 Å². The summed E-state index contributed by atoms with van der Waals surface area (Å²) in [6, 6.07) is 9.49. The third-order valence-electron chi connectivity index (χ3n) is 3.53. The first-order valence-corrected chi connectivity index (χ1v) is 12.4. The highest BCUT2D eigenvalue weighted by atomic mass is 32.2. The monoisotopic (exact) mass is 486 g/mol. The standard InChI is InChI=1S/C15H14N6O.2CH4O3S/c1-20(2)10-6-3-5-9-12(10)14-18-13(11-7-4-8-22-11)19-21(14)15(16)17-9;2*1-5(2,3)4/h3-8H,1-2H3,(H2,16,17);2*1H3,(H,2,3,4). The molecule has 0 bridgehead atoms. The number of benzene rings is 1. The Bertz CT molecular complexity index is 1380. The first-order chi connectivity index (χ1) is 14.6. The Labute approximate surface area is 184 Å². The van der Waals surface area contributed by atoms with E-state index in [4.69, 9.17) is 19.3 Å². The van der Waals surface area contributed by atoms with Crippen molar-refractivity contribution in [1.29, 1.82) is 0 Å². The summed E-state index contributed by atoms with van der Waals surface area (Å²) in [4.78, 5) is 11.0. The first-order valence-electron chi connectivity index (χ1n) is 8.66. The molecule has 174 valence electrons. The number of aromatic nitrogens is 4. The second-order valence-electron chi connectivity index (χ2n) is 6.65. The predicted octanol–water partition coefficient (Wildman–Crippen LogP) is 1.19. The molecule has 0 spiro atoms. The third kappa shape index (κ3) is 7.16. The lowest BCUT2D eigenvalue weighted by Crippen LogP contribution is -2.11. The Morgan fingerprint density at radius 3 is 2.09 bits per heavy atom. The Morgan fingerprint density at radius 1 is 1.00 bits per heavy atom. The van der Waals surface area contributed by atoms with E-state index in [1.54, 1.807) is 16.8 Å². The zero-order valence-corrected chi connectivity index (χ0v) is 19.2. The van der Waals surface area contributed by atoms with Crippen LogP contribution < -0.4 is 10.6 Å². The van der Waals surface area contributed by atoms with Gasteiger partial charge in [-0.2, -0.15) is 21.4 Å². The molecule has 15 heteroatoms. The molecular weight excluding hydrogens is 464 g/mol. The number of nitrogens with zero attached hydrogens (tertiary/aromatic N) is 5. The van der Waals surface area contributed by atoms with Gasteiger partial charge in [-0.05, 0) is 24.3 Å². The minimum absolute atomic E-state index is 0.295. The van der Waals surface area contributed by atoms with Gasteiger partial charge in [0.25, 0.3) is 20.2 Å². The average Bonchev–Trinajstić information content (AvgIpc) is 3.28. The molecule has 0 aliphatic heterocycles. The topological polar surface area (TPSA) is 194 Å². The van der Waals surface area contributed by atoms with Gasteiger partial charge in [-0.15, -0.1) is 5.10 Å². The Balaban J connectivity index is 0.000000308. The Morgan fingerprint density at radius 2 is 1.59 bits per heavy atom. The zero-order valence-electron chi connectivity index (χ0n) is 17.5. The molecule has 0 aliphatic rings. The van der Waals surface area contributed by atoms with E-state index in [2.05, 4.69) is 15.1 Å². The third-order valence-corrected chi connectivity index (χ3v) is 3.53. The number of hydrogen-bond donors (Lipinski definition) is 3. The van der Waals surface area contributed by atoms with E-state index >= 15 is 0 Å². The first kappa shape index (κ1) is 25.0. The Kier molecular flexibility index (Phi) is 7.40. The lowest BCUT2D eigenvalue weighted by atomic mass is 10.2. The summed E-state index contributed by atoms with van der Waals surface area (Å²) in [6.45, 7) is 0. The van der Waals surface area contributed by atoms with E-state index in [1.165, 1.54) is 0 Å². The number of anilines is 2. The largest absolute Gasteiger partial charge is 0.461 e. The van der Waals surface area contributed by atoms with Crippen LogP contribution in [-0.2, 0) is 20.2 Å². The summed E-state index contributed by atoms with van der Waals surface area (Å²) < 4.78 is 58.7. The molecule has 4 aromatic rings. The van der Waals surface area contributed by atoms with Crippen molar-refractivity contribution < 1.29 is 30.4 Å². The highest BCUT2D eigenvalue weighted by molar-refractivity contribution is 7.85. The minimum atomic E-state index is -3.67. The molecule has 0 saturated heterocycles. The van der Waals surface area contributed by atoms with Crippen LogP contribution in [0.1, 0.15) is 0 Å². The van der Waals surface area contributed by atoms with Crippen molar-refractivity contribution in [2.75, 3.05) is 37.2 Å². The van der Waals surface area contributed by atoms with Crippen LogP contribution in [-0.4, -0.2) is 72.1 Å². The van der Waals surface area contributed by atoms with Crippen molar-refractivity contribution >= 4 is 48.4 Å². The van der Waals surface area contributed by atoms with Gasteiger partial charge in [0.15, 0.2) is 11.4 Å². The van der Waals surface area contributed by atoms with Crippen LogP contribution >= 0.6 is 0 Å². The number of nitrogen functional groups attached to an aromatic ring is 1. The molecule has 4 N–H and O–H groups in total. The van der Waals surface area contributed by atoms with Crippen molar-refractivity contribution in [1.82, 2.24) is 19.6 Å². The molecule has 32 heavy (non-hydrogen) atoms. The van der Waals surface area contributed by atoms with E-state index < -0.39 is 20.2 Å². The molecule has 0 unspecified atom stereocenters. The van der Waals surface area contributed by atoms with Gasteiger partial charge in [0, 0.05) is 19.8 Å². The summed E-state index contributed by atoms with van der Waals surface area (Å²) in [7, 11) is -3.38. The highest BCUT2D eigenvalue weighted by Crippen LogP contribution is 2.30. The average molecular weight is 487 g/mol. The molecule has 0 amide bonds. The Hall–Kier alpha value is -3.27. The van der Waals surface area contributed by atoms with Crippen molar-refractivity contribution in [3.8, 4) is 11.6 Å². The number of fused-ring (bicyclic) bond motifs is 3.